The van der Waals surface area contributed by atoms with Crippen molar-refractivity contribution in [2.75, 3.05) is 4.90 Å². The lowest BCUT2D eigenvalue weighted by atomic mass is 9.91. The van der Waals surface area contributed by atoms with E-state index in [-0.39, 0.29) is 0 Å². The molecule has 0 aliphatic heterocycles. The third kappa shape index (κ3) is 6.98. The van der Waals surface area contributed by atoms with Crippen molar-refractivity contribution in [3.63, 3.8) is 0 Å². The van der Waals surface area contributed by atoms with Crippen LogP contribution in [-0.4, -0.2) is 0 Å². The maximum atomic E-state index is 2.40. The highest BCUT2D eigenvalue weighted by atomic mass is 15.1. The number of aryl methyl sites for hydroxylation is 1. The molecule has 0 radical (unpaired) electrons. The Labute approximate surface area is 313 Å². The predicted octanol–water partition coefficient (Wildman–Crippen LogP) is 14.9. The van der Waals surface area contributed by atoms with Crippen molar-refractivity contribution in [2.24, 2.45) is 0 Å². The standard InChI is InChI=1S/C52H41N/c1-3-4-5-6-8-22-44-37-50(38(2)35-51(44)41-18-9-7-10-19-41)42-31-33-45(34-32-42)53(52-30-17-24-40-21-12-14-28-49(40)52)46-26-15-25-43(36-46)48-29-16-23-39-20-11-13-27-47(39)48/h3-37H,1-2H3/b4-3-,6-5-,22-8+. The van der Waals surface area contributed by atoms with Gasteiger partial charge in [0.2, 0.25) is 0 Å². The molecule has 0 heterocycles. The molecule has 0 amide bonds. The van der Waals surface area contributed by atoms with Crippen LogP contribution in [0.25, 0.3) is 61.0 Å². The molecular weight excluding hydrogens is 639 g/mol. The van der Waals surface area contributed by atoms with Crippen molar-refractivity contribution < 1.29 is 0 Å². The largest absolute Gasteiger partial charge is 0.310 e. The minimum absolute atomic E-state index is 1.10. The highest BCUT2D eigenvalue weighted by Gasteiger charge is 2.17. The van der Waals surface area contributed by atoms with Crippen molar-refractivity contribution in [1.29, 1.82) is 0 Å². The number of hydrogen-bond donors (Lipinski definition) is 0. The first-order valence-corrected chi connectivity index (χ1v) is 18.3. The second-order valence-corrected chi connectivity index (χ2v) is 13.3. The molecule has 8 aromatic rings. The molecule has 1 nitrogen and oxygen atoms in total. The maximum Gasteiger partial charge on any atom is 0.0540 e. The van der Waals surface area contributed by atoms with Crippen LogP contribution in [0.1, 0.15) is 18.1 Å². The normalized spacial score (nSPS) is 11.7. The second kappa shape index (κ2) is 15.3. The van der Waals surface area contributed by atoms with Gasteiger partial charge in [-0.05, 0) is 111 Å². The van der Waals surface area contributed by atoms with Crippen LogP contribution in [0, 0.1) is 6.92 Å². The van der Waals surface area contributed by atoms with Gasteiger partial charge in [-0.3, -0.25) is 0 Å². The summed E-state index contributed by atoms with van der Waals surface area (Å²) in [5.74, 6) is 0. The van der Waals surface area contributed by atoms with Gasteiger partial charge in [-0.1, -0.05) is 176 Å². The first-order valence-electron chi connectivity index (χ1n) is 18.3. The van der Waals surface area contributed by atoms with Gasteiger partial charge in [0.15, 0.2) is 0 Å². The van der Waals surface area contributed by atoms with Gasteiger partial charge in [-0.25, -0.2) is 0 Å². The van der Waals surface area contributed by atoms with E-state index in [0.29, 0.717) is 0 Å². The number of anilines is 3. The molecule has 8 rings (SSSR count). The molecule has 0 atom stereocenters. The highest BCUT2D eigenvalue weighted by Crippen LogP contribution is 2.42. The van der Waals surface area contributed by atoms with Crippen molar-refractivity contribution in [1.82, 2.24) is 0 Å². The Kier molecular flexibility index (Phi) is 9.64. The van der Waals surface area contributed by atoms with Crippen molar-refractivity contribution in [3.8, 4) is 33.4 Å². The number of allylic oxidation sites excluding steroid dienone is 5. The minimum atomic E-state index is 1.10. The number of fused-ring (bicyclic) bond motifs is 2. The summed E-state index contributed by atoms with van der Waals surface area (Å²) in [5.41, 5.74) is 13.1. The molecule has 0 bridgehead atoms. The zero-order valence-corrected chi connectivity index (χ0v) is 30.2. The van der Waals surface area contributed by atoms with Gasteiger partial charge >= 0.3 is 0 Å². The van der Waals surface area contributed by atoms with E-state index in [4.69, 9.17) is 0 Å². The zero-order valence-electron chi connectivity index (χ0n) is 30.2. The van der Waals surface area contributed by atoms with E-state index in [9.17, 15) is 0 Å². The summed E-state index contributed by atoms with van der Waals surface area (Å²) >= 11 is 0. The average Bonchev–Trinajstić information content (AvgIpc) is 3.22. The summed E-state index contributed by atoms with van der Waals surface area (Å²) in [6, 6.07) is 63.8. The van der Waals surface area contributed by atoms with E-state index in [0.717, 1.165) is 17.1 Å². The fourth-order valence-electron chi connectivity index (χ4n) is 7.35. The Morgan fingerprint density at radius 1 is 0.415 bits per heavy atom. The molecule has 8 aromatic carbocycles. The zero-order chi connectivity index (χ0) is 36.0. The second-order valence-electron chi connectivity index (χ2n) is 13.3. The average molecular weight is 680 g/mol. The van der Waals surface area contributed by atoms with Crippen LogP contribution in [0.4, 0.5) is 17.1 Å². The molecule has 53 heavy (non-hydrogen) atoms. The Bertz CT molecular complexity index is 2610. The molecule has 0 fully saturated rings. The number of benzene rings is 8. The number of rotatable bonds is 9. The summed E-state index contributed by atoms with van der Waals surface area (Å²) in [4.78, 5) is 2.40. The van der Waals surface area contributed by atoms with Crippen molar-refractivity contribution in [3.05, 3.63) is 217 Å². The van der Waals surface area contributed by atoms with E-state index in [1.54, 1.807) is 0 Å². The van der Waals surface area contributed by atoms with Gasteiger partial charge < -0.3 is 4.90 Å². The van der Waals surface area contributed by atoms with Gasteiger partial charge in [0.05, 0.1) is 5.69 Å². The molecule has 0 saturated carbocycles. The van der Waals surface area contributed by atoms with Crippen LogP contribution in [-0.2, 0) is 0 Å². The van der Waals surface area contributed by atoms with Gasteiger partial charge in [0.25, 0.3) is 0 Å². The summed E-state index contributed by atoms with van der Waals surface area (Å²) in [6.07, 6.45) is 12.6. The predicted molar refractivity (Wildman–Crippen MR) is 230 cm³/mol. The first kappa shape index (κ1) is 33.4. The Morgan fingerprint density at radius 3 is 1.83 bits per heavy atom. The van der Waals surface area contributed by atoms with Gasteiger partial charge in [0.1, 0.15) is 0 Å². The third-order valence-electron chi connectivity index (χ3n) is 9.93. The fourth-order valence-corrected chi connectivity index (χ4v) is 7.35. The molecule has 0 N–H and O–H groups in total. The summed E-state index contributed by atoms with van der Waals surface area (Å²) in [5, 5.41) is 4.92. The summed E-state index contributed by atoms with van der Waals surface area (Å²) in [7, 11) is 0. The lowest BCUT2D eigenvalue weighted by Gasteiger charge is -2.27. The Balaban J connectivity index is 1.24. The molecule has 0 spiro atoms. The van der Waals surface area contributed by atoms with Crippen molar-refractivity contribution >= 4 is 44.7 Å². The molecule has 0 saturated heterocycles. The van der Waals surface area contributed by atoms with Crippen LogP contribution in [0.15, 0.2) is 206 Å². The lowest BCUT2D eigenvalue weighted by Crippen LogP contribution is -2.10. The van der Waals surface area contributed by atoms with Crippen LogP contribution in [0.5, 0.6) is 0 Å². The molecule has 0 aliphatic carbocycles. The Morgan fingerprint density at radius 2 is 1.04 bits per heavy atom. The van der Waals surface area contributed by atoms with Crippen LogP contribution < -0.4 is 4.90 Å². The smallest absolute Gasteiger partial charge is 0.0540 e. The molecular formula is C52H41N. The lowest BCUT2D eigenvalue weighted by molar-refractivity contribution is 1.30. The Hall–Kier alpha value is -6.70. The van der Waals surface area contributed by atoms with Gasteiger partial charge in [0, 0.05) is 16.8 Å². The van der Waals surface area contributed by atoms with Gasteiger partial charge in [-0.15, -0.1) is 0 Å². The molecule has 0 aliphatic rings. The van der Waals surface area contributed by atoms with Crippen LogP contribution in [0.3, 0.4) is 0 Å². The monoisotopic (exact) mass is 679 g/mol. The third-order valence-corrected chi connectivity index (χ3v) is 9.93. The number of nitrogens with zero attached hydrogens (tertiary/aromatic N) is 1. The van der Waals surface area contributed by atoms with E-state index in [1.165, 1.54) is 66.1 Å². The van der Waals surface area contributed by atoms with E-state index < -0.39 is 0 Å². The minimum Gasteiger partial charge on any atom is -0.310 e. The highest BCUT2D eigenvalue weighted by molar-refractivity contribution is 6.01. The van der Waals surface area contributed by atoms with E-state index in [1.807, 2.05) is 19.1 Å². The summed E-state index contributed by atoms with van der Waals surface area (Å²) in [6.45, 7) is 4.25. The SMILES string of the molecule is C\C=C/C=C\C=C\c1cc(-c2ccc(N(c3cccc(-c4cccc5ccccc45)c3)c3cccc4ccccc34)cc2)c(C)cc1-c1ccccc1. The van der Waals surface area contributed by atoms with Gasteiger partial charge in [-0.2, -0.15) is 0 Å². The maximum absolute atomic E-state index is 2.40. The van der Waals surface area contributed by atoms with E-state index in [2.05, 4.69) is 212 Å². The topological polar surface area (TPSA) is 3.24 Å². The first-order chi connectivity index (χ1) is 26.2. The fraction of sp³-hybridized carbons (Fsp3) is 0.0385. The van der Waals surface area contributed by atoms with Crippen molar-refractivity contribution in [2.45, 2.75) is 13.8 Å². The van der Waals surface area contributed by atoms with Crippen LogP contribution in [0.2, 0.25) is 0 Å². The molecule has 1 heteroatoms. The van der Waals surface area contributed by atoms with E-state index >= 15 is 0 Å². The quantitative estimate of drug-likeness (QED) is 0.137. The number of hydrogen-bond acceptors (Lipinski definition) is 1. The summed E-state index contributed by atoms with van der Waals surface area (Å²) < 4.78 is 0. The molecule has 0 aromatic heterocycles. The van der Waals surface area contributed by atoms with Crippen LogP contribution >= 0.6 is 0 Å². The molecule has 0 unspecified atom stereocenters. The molecule has 254 valence electrons.